The molecule has 32 heavy (non-hydrogen) atoms. The van der Waals surface area contributed by atoms with Crippen LogP contribution in [-0.2, 0) is 9.47 Å². The SMILES string of the molecule is COCCNc1ncc(-c2ccc(NC(=O)c3[nH]c(C)c(Cl)c3Cl)cc2)cc1C(=O)OC. The summed E-state index contributed by atoms with van der Waals surface area (Å²) >= 11 is 12.1. The van der Waals surface area contributed by atoms with Crippen molar-refractivity contribution < 1.29 is 19.1 Å². The Bertz CT molecular complexity index is 1130. The molecule has 0 aliphatic heterocycles. The van der Waals surface area contributed by atoms with Crippen LogP contribution in [0.15, 0.2) is 36.5 Å². The van der Waals surface area contributed by atoms with Crippen LogP contribution in [0.25, 0.3) is 11.1 Å². The molecule has 2 heterocycles. The molecule has 0 saturated carbocycles. The average Bonchev–Trinajstić information content (AvgIpc) is 3.06. The topological polar surface area (TPSA) is 105 Å². The minimum atomic E-state index is -0.500. The van der Waals surface area contributed by atoms with E-state index in [4.69, 9.17) is 32.7 Å². The molecule has 0 spiro atoms. The van der Waals surface area contributed by atoms with Crippen molar-refractivity contribution in [3.05, 3.63) is 63.5 Å². The Morgan fingerprint density at radius 2 is 1.81 bits per heavy atom. The van der Waals surface area contributed by atoms with Gasteiger partial charge in [-0.3, -0.25) is 4.79 Å². The average molecular weight is 477 g/mol. The number of benzene rings is 1. The molecule has 0 aliphatic rings. The Morgan fingerprint density at radius 1 is 1.09 bits per heavy atom. The number of ether oxygens (including phenoxy) is 2. The van der Waals surface area contributed by atoms with Crippen LogP contribution >= 0.6 is 23.2 Å². The predicted molar refractivity (Wildman–Crippen MR) is 125 cm³/mol. The Morgan fingerprint density at radius 3 is 2.41 bits per heavy atom. The summed E-state index contributed by atoms with van der Waals surface area (Å²) in [6.45, 7) is 2.70. The maximum atomic E-state index is 12.5. The highest BCUT2D eigenvalue weighted by molar-refractivity contribution is 6.44. The first-order chi connectivity index (χ1) is 15.3. The number of rotatable bonds is 8. The second kappa shape index (κ2) is 10.5. The van der Waals surface area contributed by atoms with Crippen LogP contribution in [-0.4, -0.2) is 49.2 Å². The fraction of sp³-hybridized carbons (Fsp3) is 0.227. The molecule has 3 aromatic rings. The summed E-state index contributed by atoms with van der Waals surface area (Å²) in [6, 6.07) is 8.79. The number of nitrogens with zero attached hydrogens (tertiary/aromatic N) is 1. The number of pyridine rings is 1. The van der Waals surface area contributed by atoms with Crippen LogP contribution in [0.1, 0.15) is 26.5 Å². The highest BCUT2D eigenvalue weighted by Gasteiger charge is 2.18. The van der Waals surface area contributed by atoms with Gasteiger partial charge in [-0.15, -0.1) is 0 Å². The van der Waals surface area contributed by atoms with Gasteiger partial charge in [0.05, 0.1) is 23.8 Å². The number of carbonyl (C=O) groups is 2. The zero-order chi connectivity index (χ0) is 23.3. The maximum Gasteiger partial charge on any atom is 0.341 e. The van der Waals surface area contributed by atoms with Crippen LogP contribution in [0, 0.1) is 6.92 Å². The third kappa shape index (κ3) is 5.21. The first-order valence-electron chi connectivity index (χ1n) is 9.62. The number of amides is 1. The molecule has 0 radical (unpaired) electrons. The molecule has 1 amide bonds. The molecular weight excluding hydrogens is 455 g/mol. The number of aromatic amines is 1. The number of hydrogen-bond acceptors (Lipinski definition) is 6. The van der Waals surface area contributed by atoms with E-state index in [1.807, 2.05) is 0 Å². The van der Waals surface area contributed by atoms with E-state index in [-0.39, 0.29) is 10.7 Å². The highest BCUT2D eigenvalue weighted by Crippen LogP contribution is 2.30. The quantitative estimate of drug-likeness (QED) is 0.318. The number of carbonyl (C=O) groups excluding carboxylic acids is 2. The third-order valence-electron chi connectivity index (χ3n) is 4.65. The van der Waals surface area contributed by atoms with Crippen LogP contribution in [0.3, 0.4) is 0 Å². The second-order valence-corrected chi connectivity index (χ2v) is 7.57. The molecule has 8 nitrogen and oxygen atoms in total. The monoisotopic (exact) mass is 476 g/mol. The fourth-order valence-electron chi connectivity index (χ4n) is 2.97. The van der Waals surface area contributed by atoms with Crippen LogP contribution < -0.4 is 10.6 Å². The lowest BCUT2D eigenvalue weighted by Crippen LogP contribution is -2.14. The van der Waals surface area contributed by atoms with Gasteiger partial charge < -0.3 is 25.1 Å². The number of aromatic nitrogens is 2. The molecule has 0 fully saturated rings. The number of anilines is 2. The molecule has 0 bridgehead atoms. The molecule has 0 aliphatic carbocycles. The van der Waals surface area contributed by atoms with E-state index in [1.165, 1.54) is 7.11 Å². The number of H-pyrrole nitrogens is 1. The van der Waals surface area contributed by atoms with Crippen molar-refractivity contribution in [1.29, 1.82) is 0 Å². The van der Waals surface area contributed by atoms with Gasteiger partial charge in [0.25, 0.3) is 5.91 Å². The molecule has 2 aromatic heterocycles. The van der Waals surface area contributed by atoms with Crippen LogP contribution in [0.5, 0.6) is 0 Å². The summed E-state index contributed by atoms with van der Waals surface area (Å²) in [5.74, 6) is -0.489. The van der Waals surface area contributed by atoms with E-state index in [9.17, 15) is 9.59 Å². The Balaban J connectivity index is 1.79. The molecule has 168 valence electrons. The van der Waals surface area contributed by atoms with Gasteiger partial charge in [-0.05, 0) is 30.7 Å². The number of esters is 1. The van der Waals surface area contributed by atoms with E-state index in [0.717, 1.165) is 11.1 Å². The number of hydrogen-bond donors (Lipinski definition) is 3. The van der Waals surface area contributed by atoms with E-state index in [1.54, 1.807) is 50.6 Å². The van der Waals surface area contributed by atoms with Crippen molar-refractivity contribution in [2.45, 2.75) is 6.92 Å². The maximum absolute atomic E-state index is 12.5. The Hall–Kier alpha value is -3.07. The van der Waals surface area contributed by atoms with Crippen LogP contribution in [0.2, 0.25) is 10.0 Å². The number of methoxy groups -OCH3 is 2. The first-order valence-corrected chi connectivity index (χ1v) is 10.4. The molecule has 0 atom stereocenters. The number of nitrogens with one attached hydrogen (secondary N) is 3. The van der Waals surface area contributed by atoms with E-state index in [2.05, 4.69) is 20.6 Å². The van der Waals surface area contributed by atoms with Gasteiger partial charge in [0, 0.05) is 36.8 Å². The predicted octanol–water partition coefficient (Wildman–Crippen LogP) is 4.79. The Kier molecular flexibility index (Phi) is 7.74. The lowest BCUT2D eigenvalue weighted by atomic mass is 10.0. The molecule has 1 aromatic carbocycles. The zero-order valence-corrected chi connectivity index (χ0v) is 19.2. The standard InChI is InChI=1S/C22H22Cl2N4O4/c1-12-17(23)18(24)19(27-12)21(29)28-15-6-4-13(5-7-15)14-10-16(22(30)32-3)20(26-11-14)25-8-9-31-2/h4-7,10-11,27H,8-9H2,1-3H3,(H,25,26)(H,28,29). The van der Waals surface area contributed by atoms with Crippen molar-refractivity contribution >= 4 is 46.6 Å². The number of halogens is 2. The van der Waals surface area contributed by atoms with E-state index < -0.39 is 11.9 Å². The van der Waals surface area contributed by atoms with Crippen molar-refractivity contribution in [1.82, 2.24) is 9.97 Å². The van der Waals surface area contributed by atoms with E-state index in [0.29, 0.717) is 40.9 Å². The van der Waals surface area contributed by atoms with Gasteiger partial charge >= 0.3 is 5.97 Å². The molecular formula is C22H22Cl2N4O4. The summed E-state index contributed by atoms with van der Waals surface area (Å²) in [6.07, 6.45) is 1.65. The molecule has 3 rings (SSSR count). The fourth-order valence-corrected chi connectivity index (χ4v) is 3.38. The zero-order valence-electron chi connectivity index (χ0n) is 17.7. The third-order valence-corrected chi connectivity index (χ3v) is 5.60. The summed E-state index contributed by atoms with van der Waals surface area (Å²) in [5, 5.41) is 6.33. The molecule has 0 saturated heterocycles. The van der Waals surface area contributed by atoms with Gasteiger partial charge in [0.2, 0.25) is 0 Å². The highest BCUT2D eigenvalue weighted by atomic mass is 35.5. The Labute approximate surface area is 195 Å². The lowest BCUT2D eigenvalue weighted by Gasteiger charge is -2.12. The first kappa shape index (κ1) is 23.6. The van der Waals surface area contributed by atoms with Crippen molar-refractivity contribution in [3.8, 4) is 11.1 Å². The normalized spacial score (nSPS) is 10.7. The van der Waals surface area contributed by atoms with E-state index >= 15 is 0 Å². The summed E-state index contributed by atoms with van der Waals surface area (Å²) in [5.41, 5.74) is 3.22. The summed E-state index contributed by atoms with van der Waals surface area (Å²) < 4.78 is 9.89. The molecule has 3 N–H and O–H groups in total. The van der Waals surface area contributed by atoms with Gasteiger partial charge in [-0.25, -0.2) is 9.78 Å². The minimum Gasteiger partial charge on any atom is -0.465 e. The van der Waals surface area contributed by atoms with Crippen molar-refractivity contribution in [3.63, 3.8) is 0 Å². The summed E-state index contributed by atoms with van der Waals surface area (Å²) in [7, 11) is 2.91. The van der Waals surface area contributed by atoms with Gasteiger partial charge in [-0.2, -0.15) is 0 Å². The number of aryl methyl sites for hydroxylation is 1. The van der Waals surface area contributed by atoms with Crippen molar-refractivity contribution in [2.24, 2.45) is 0 Å². The minimum absolute atomic E-state index is 0.180. The summed E-state index contributed by atoms with van der Waals surface area (Å²) in [4.78, 5) is 31.9. The van der Waals surface area contributed by atoms with Crippen LogP contribution in [0.4, 0.5) is 11.5 Å². The smallest absolute Gasteiger partial charge is 0.341 e. The molecule has 10 heteroatoms. The second-order valence-electron chi connectivity index (χ2n) is 6.82. The molecule has 0 unspecified atom stereocenters. The van der Waals surface area contributed by atoms with Gasteiger partial charge in [0.1, 0.15) is 17.1 Å². The van der Waals surface area contributed by atoms with Crippen molar-refractivity contribution in [2.75, 3.05) is 38.0 Å². The van der Waals surface area contributed by atoms with Gasteiger partial charge in [0.15, 0.2) is 0 Å². The van der Waals surface area contributed by atoms with Gasteiger partial charge in [-0.1, -0.05) is 35.3 Å². The lowest BCUT2D eigenvalue weighted by molar-refractivity contribution is 0.0601. The largest absolute Gasteiger partial charge is 0.465 e.